The number of likely N-dealkylation sites (tertiary alicyclic amines) is 1. The number of hydrogen-bond acceptors (Lipinski definition) is 7. The van der Waals surface area contributed by atoms with E-state index in [0.717, 1.165) is 74.5 Å². The molecule has 2 aromatic carbocycles. The molecule has 0 bridgehead atoms. The number of aliphatic hydroxyl groups is 1. The molecule has 2 aromatic heterocycles. The number of benzene rings is 2. The molecule has 1 aliphatic heterocycles. The van der Waals surface area contributed by atoms with Gasteiger partial charge in [-0.3, -0.25) is 4.98 Å². The zero-order valence-electron chi connectivity index (χ0n) is 22.8. The van der Waals surface area contributed by atoms with Gasteiger partial charge in [0.1, 0.15) is 11.4 Å². The van der Waals surface area contributed by atoms with Crippen molar-refractivity contribution in [1.29, 1.82) is 0 Å². The quantitative estimate of drug-likeness (QED) is 0.208. The summed E-state index contributed by atoms with van der Waals surface area (Å²) in [4.78, 5) is 12.1. The van der Waals surface area contributed by atoms with E-state index >= 15 is 0 Å². The van der Waals surface area contributed by atoms with Crippen molar-refractivity contribution < 1.29 is 10.2 Å². The largest absolute Gasteiger partial charge is 0.506 e. The Kier molecular flexibility index (Phi) is 9.08. The second-order valence-corrected chi connectivity index (χ2v) is 10.5. The van der Waals surface area contributed by atoms with Crippen molar-refractivity contribution in [2.24, 2.45) is 0 Å². The van der Waals surface area contributed by atoms with Gasteiger partial charge in [-0.05, 0) is 68.0 Å². The number of aryl methyl sites for hydroxylation is 3. The smallest absolute Gasteiger partial charge is 0.204 e. The zero-order chi connectivity index (χ0) is 27.0. The highest BCUT2D eigenvalue weighted by atomic mass is 16.3. The minimum absolute atomic E-state index is 0.178. The SMILES string of the molecule is Cc1ccc(O)c(Cn2c(NC3CCN(CCNCCO)CC3)nc3ccc(CCc4ccccc4)cc32)n1. The number of pyridine rings is 1. The van der Waals surface area contributed by atoms with E-state index in [2.05, 4.69) is 73.6 Å². The maximum Gasteiger partial charge on any atom is 0.204 e. The second kappa shape index (κ2) is 13.1. The average Bonchev–Trinajstić information content (AvgIpc) is 3.29. The maximum atomic E-state index is 10.6. The van der Waals surface area contributed by atoms with E-state index < -0.39 is 0 Å². The molecular weight excluding hydrogens is 488 g/mol. The van der Waals surface area contributed by atoms with Crippen LogP contribution in [0.5, 0.6) is 5.75 Å². The minimum atomic E-state index is 0.178. The fourth-order valence-electron chi connectivity index (χ4n) is 5.32. The third kappa shape index (κ3) is 7.15. The van der Waals surface area contributed by atoms with Crippen molar-refractivity contribution >= 4 is 17.0 Å². The number of piperidine rings is 1. The molecule has 4 aromatic rings. The number of rotatable bonds is 12. The van der Waals surface area contributed by atoms with E-state index in [9.17, 15) is 5.11 Å². The first-order valence-electron chi connectivity index (χ1n) is 14.1. The predicted octanol–water partition coefficient (Wildman–Crippen LogP) is 3.74. The molecule has 0 amide bonds. The summed E-state index contributed by atoms with van der Waals surface area (Å²) in [6, 6.07) is 21.0. The van der Waals surface area contributed by atoms with Gasteiger partial charge in [0.25, 0.3) is 0 Å². The van der Waals surface area contributed by atoms with Gasteiger partial charge in [-0.1, -0.05) is 36.4 Å². The van der Waals surface area contributed by atoms with Crippen LogP contribution in [0.25, 0.3) is 11.0 Å². The Bertz CT molecular complexity index is 1350. The first-order valence-corrected chi connectivity index (χ1v) is 14.1. The Balaban J connectivity index is 1.35. The van der Waals surface area contributed by atoms with Crippen molar-refractivity contribution in [3.05, 3.63) is 83.2 Å². The van der Waals surface area contributed by atoms with Crippen LogP contribution in [-0.4, -0.2) is 75.0 Å². The van der Waals surface area contributed by atoms with Gasteiger partial charge >= 0.3 is 0 Å². The molecule has 0 radical (unpaired) electrons. The highest BCUT2D eigenvalue weighted by Gasteiger charge is 2.22. The molecule has 1 fully saturated rings. The van der Waals surface area contributed by atoms with Crippen LogP contribution in [0, 0.1) is 6.92 Å². The van der Waals surface area contributed by atoms with Gasteiger partial charge in [-0.15, -0.1) is 0 Å². The summed E-state index contributed by atoms with van der Waals surface area (Å²) < 4.78 is 2.17. The second-order valence-electron chi connectivity index (χ2n) is 10.5. The van der Waals surface area contributed by atoms with Gasteiger partial charge in [0.2, 0.25) is 5.95 Å². The summed E-state index contributed by atoms with van der Waals surface area (Å²) in [5, 5.41) is 26.5. The van der Waals surface area contributed by atoms with E-state index in [1.165, 1.54) is 11.1 Å². The lowest BCUT2D eigenvalue weighted by molar-refractivity contribution is 0.215. The molecule has 1 saturated heterocycles. The summed E-state index contributed by atoms with van der Waals surface area (Å²) in [6.45, 7) is 7.17. The molecule has 8 heteroatoms. The van der Waals surface area contributed by atoms with Crippen molar-refractivity contribution in [3.8, 4) is 5.75 Å². The molecule has 206 valence electrons. The van der Waals surface area contributed by atoms with Gasteiger partial charge in [0.05, 0.1) is 24.2 Å². The normalized spacial score (nSPS) is 14.7. The number of nitrogens with zero attached hydrogens (tertiary/aromatic N) is 4. The van der Waals surface area contributed by atoms with Crippen LogP contribution in [0.3, 0.4) is 0 Å². The van der Waals surface area contributed by atoms with Gasteiger partial charge in [0.15, 0.2) is 0 Å². The summed E-state index contributed by atoms with van der Waals surface area (Å²) in [5.41, 5.74) is 6.13. The van der Waals surface area contributed by atoms with Crippen molar-refractivity contribution in [1.82, 2.24) is 24.8 Å². The molecule has 0 unspecified atom stereocenters. The fraction of sp³-hybridized carbons (Fsp3) is 0.419. The van der Waals surface area contributed by atoms with E-state index in [0.29, 0.717) is 24.8 Å². The number of nitrogens with one attached hydrogen (secondary N) is 2. The van der Waals surface area contributed by atoms with Gasteiger partial charge < -0.3 is 30.3 Å². The van der Waals surface area contributed by atoms with Crippen molar-refractivity contribution in [3.63, 3.8) is 0 Å². The Morgan fingerprint density at radius 2 is 1.72 bits per heavy atom. The number of hydrogen-bond donors (Lipinski definition) is 4. The number of aromatic nitrogens is 3. The van der Waals surface area contributed by atoms with Crippen LogP contribution >= 0.6 is 0 Å². The topological polar surface area (TPSA) is 98.5 Å². The van der Waals surface area contributed by atoms with Crippen molar-refractivity contribution in [2.75, 3.05) is 44.6 Å². The molecule has 8 nitrogen and oxygen atoms in total. The van der Waals surface area contributed by atoms with E-state index in [1.807, 2.05) is 13.0 Å². The summed E-state index contributed by atoms with van der Waals surface area (Å²) in [6.07, 6.45) is 4.02. The van der Waals surface area contributed by atoms with Crippen LogP contribution in [0.1, 0.15) is 35.4 Å². The summed E-state index contributed by atoms with van der Waals surface area (Å²) in [5.74, 6) is 1.03. The van der Waals surface area contributed by atoms with E-state index in [4.69, 9.17) is 10.1 Å². The fourth-order valence-corrected chi connectivity index (χ4v) is 5.32. The Labute approximate surface area is 230 Å². The summed E-state index contributed by atoms with van der Waals surface area (Å²) >= 11 is 0. The van der Waals surface area contributed by atoms with Crippen molar-refractivity contribution in [2.45, 2.75) is 45.2 Å². The number of aromatic hydroxyl groups is 1. The van der Waals surface area contributed by atoms with Gasteiger partial charge in [0, 0.05) is 44.5 Å². The van der Waals surface area contributed by atoms with Crippen LogP contribution in [-0.2, 0) is 19.4 Å². The van der Waals surface area contributed by atoms with E-state index in [-0.39, 0.29) is 12.4 Å². The molecule has 1 aliphatic rings. The molecule has 4 N–H and O–H groups in total. The molecule has 0 saturated carbocycles. The van der Waals surface area contributed by atoms with Gasteiger partial charge in [-0.2, -0.15) is 0 Å². The third-order valence-corrected chi connectivity index (χ3v) is 7.57. The molecular formula is C31H40N6O2. The Morgan fingerprint density at radius 3 is 2.51 bits per heavy atom. The molecule has 39 heavy (non-hydrogen) atoms. The standard InChI is InChI=1S/C31H40N6O2/c1-23-7-12-30(39)28(33-23)22-37-29-21-25(9-8-24-5-3-2-4-6-24)10-11-27(29)35-31(37)34-26-13-17-36(18-14-26)19-15-32-16-20-38/h2-7,10-12,21,26,32,38-39H,8-9,13-20,22H2,1H3,(H,34,35). The lowest BCUT2D eigenvalue weighted by Gasteiger charge is -2.32. The number of fused-ring (bicyclic) bond motifs is 1. The Hall–Kier alpha value is -3.46. The molecule has 0 atom stereocenters. The lowest BCUT2D eigenvalue weighted by Crippen LogP contribution is -2.42. The molecule has 0 spiro atoms. The number of imidazole rings is 1. The monoisotopic (exact) mass is 528 g/mol. The third-order valence-electron chi connectivity index (χ3n) is 7.57. The molecule has 5 rings (SSSR count). The highest BCUT2D eigenvalue weighted by molar-refractivity contribution is 5.79. The minimum Gasteiger partial charge on any atom is -0.506 e. The number of aliphatic hydroxyl groups excluding tert-OH is 1. The highest BCUT2D eigenvalue weighted by Crippen LogP contribution is 2.27. The zero-order valence-corrected chi connectivity index (χ0v) is 22.8. The Morgan fingerprint density at radius 1 is 0.923 bits per heavy atom. The van der Waals surface area contributed by atoms with E-state index in [1.54, 1.807) is 6.07 Å². The van der Waals surface area contributed by atoms with Gasteiger partial charge in [-0.25, -0.2) is 4.98 Å². The molecule has 0 aliphatic carbocycles. The molecule has 3 heterocycles. The first kappa shape index (κ1) is 27.1. The maximum absolute atomic E-state index is 10.6. The summed E-state index contributed by atoms with van der Waals surface area (Å²) in [7, 11) is 0. The van der Waals surface area contributed by atoms with Crippen LogP contribution in [0.15, 0.2) is 60.7 Å². The van der Waals surface area contributed by atoms with Crippen LogP contribution < -0.4 is 10.6 Å². The predicted molar refractivity (Wildman–Crippen MR) is 156 cm³/mol. The number of anilines is 1. The average molecular weight is 529 g/mol. The lowest BCUT2D eigenvalue weighted by atomic mass is 10.0. The first-order chi connectivity index (χ1) is 19.1. The van der Waals surface area contributed by atoms with Crippen LogP contribution in [0.4, 0.5) is 5.95 Å². The van der Waals surface area contributed by atoms with Crippen LogP contribution in [0.2, 0.25) is 0 Å².